The molecule has 0 aliphatic heterocycles. The minimum absolute atomic E-state index is 0.0387. The number of methoxy groups -OCH3 is 2. The van der Waals surface area contributed by atoms with Gasteiger partial charge in [0.05, 0.1) is 24.8 Å². The first-order valence-electron chi connectivity index (χ1n) is 9.90. The van der Waals surface area contributed by atoms with E-state index in [1.807, 2.05) is 0 Å². The fourth-order valence-corrected chi connectivity index (χ4v) is 3.22. The second-order valence-corrected chi connectivity index (χ2v) is 7.15. The Labute approximate surface area is 183 Å². The fraction of sp³-hybridized carbons (Fsp3) is 0.364. The van der Waals surface area contributed by atoms with Crippen LogP contribution in [0, 0.1) is 6.92 Å². The number of nitrogens with one attached hydrogen (secondary N) is 1. The van der Waals surface area contributed by atoms with Crippen LogP contribution in [0.5, 0.6) is 11.5 Å². The predicted molar refractivity (Wildman–Crippen MR) is 116 cm³/mol. The number of nitrogen functional groups attached to an aromatic ring is 1. The van der Waals surface area contributed by atoms with Gasteiger partial charge in [0.25, 0.3) is 0 Å². The van der Waals surface area contributed by atoms with Crippen LogP contribution in [0.15, 0.2) is 30.3 Å². The molecule has 1 aromatic heterocycles. The first-order valence-corrected chi connectivity index (χ1v) is 9.90. The van der Waals surface area contributed by atoms with Gasteiger partial charge in [-0.15, -0.1) is 0 Å². The van der Waals surface area contributed by atoms with Crippen LogP contribution in [0.2, 0.25) is 0 Å². The Balaban J connectivity index is 1.91. The van der Waals surface area contributed by atoms with Crippen molar-refractivity contribution < 1.29 is 27.4 Å². The van der Waals surface area contributed by atoms with Gasteiger partial charge in [-0.2, -0.15) is 13.2 Å². The Morgan fingerprint density at radius 3 is 2.47 bits per heavy atom. The lowest BCUT2D eigenvalue weighted by Crippen LogP contribution is -2.09. The summed E-state index contributed by atoms with van der Waals surface area (Å²) in [7, 11) is 3.15. The minimum atomic E-state index is -4.48. The summed E-state index contributed by atoms with van der Waals surface area (Å²) in [6.45, 7) is 2.81. The van der Waals surface area contributed by atoms with E-state index in [2.05, 4.69) is 15.3 Å². The molecule has 0 aliphatic rings. The smallest absolute Gasteiger partial charge is 0.416 e. The van der Waals surface area contributed by atoms with Gasteiger partial charge in [-0.3, -0.25) is 0 Å². The number of hydrogen-bond donors (Lipinski definition) is 2. The van der Waals surface area contributed by atoms with E-state index in [1.54, 1.807) is 26.2 Å². The molecule has 1 heterocycles. The van der Waals surface area contributed by atoms with Crippen LogP contribution in [-0.4, -0.2) is 37.4 Å². The molecule has 2 aromatic carbocycles. The highest BCUT2D eigenvalue weighted by atomic mass is 19.4. The van der Waals surface area contributed by atoms with Crippen LogP contribution in [-0.2, 0) is 17.5 Å². The molecule has 172 valence electrons. The highest BCUT2D eigenvalue weighted by Crippen LogP contribution is 2.35. The molecule has 0 unspecified atom stereocenters. The largest absolute Gasteiger partial charge is 0.493 e. The number of benzene rings is 2. The van der Waals surface area contributed by atoms with Crippen LogP contribution in [0.1, 0.15) is 23.4 Å². The normalized spacial score (nSPS) is 11.6. The minimum Gasteiger partial charge on any atom is -0.493 e. The van der Waals surface area contributed by atoms with Gasteiger partial charge in [0.15, 0.2) is 11.5 Å². The zero-order chi connectivity index (χ0) is 23.3. The number of anilines is 2. The molecule has 0 amide bonds. The summed E-state index contributed by atoms with van der Waals surface area (Å²) in [4.78, 5) is 8.86. The molecule has 0 saturated carbocycles. The Morgan fingerprint density at radius 1 is 1.00 bits per heavy atom. The van der Waals surface area contributed by atoms with E-state index in [4.69, 9.17) is 19.9 Å². The molecular formula is C22H25F3N4O3. The average molecular weight is 450 g/mol. The van der Waals surface area contributed by atoms with Crippen molar-refractivity contribution in [1.82, 2.24) is 9.97 Å². The summed E-state index contributed by atoms with van der Waals surface area (Å²) in [5, 5.41) is 3.75. The predicted octanol–water partition coefficient (Wildman–Crippen LogP) is 4.58. The number of ether oxygens (including phenoxy) is 3. The van der Waals surface area contributed by atoms with Gasteiger partial charge in [0.2, 0.25) is 0 Å². The van der Waals surface area contributed by atoms with Gasteiger partial charge in [-0.25, -0.2) is 9.97 Å². The second kappa shape index (κ2) is 9.90. The van der Waals surface area contributed by atoms with E-state index < -0.39 is 11.7 Å². The second-order valence-electron chi connectivity index (χ2n) is 7.15. The number of nitrogens with two attached hydrogens (primary N) is 1. The van der Waals surface area contributed by atoms with Gasteiger partial charge >= 0.3 is 6.18 Å². The van der Waals surface area contributed by atoms with Crippen LogP contribution in [0.25, 0.3) is 10.9 Å². The number of aromatic nitrogens is 2. The summed E-state index contributed by atoms with van der Waals surface area (Å²) in [6.07, 6.45) is -3.78. The van der Waals surface area contributed by atoms with E-state index in [-0.39, 0.29) is 12.2 Å². The van der Waals surface area contributed by atoms with Crippen molar-refractivity contribution >= 4 is 22.4 Å². The maximum absolute atomic E-state index is 13.1. The van der Waals surface area contributed by atoms with Crippen LogP contribution in [0.3, 0.4) is 0 Å². The first-order chi connectivity index (χ1) is 15.2. The molecule has 0 fully saturated rings. The highest BCUT2D eigenvalue weighted by molar-refractivity contribution is 5.91. The number of halogens is 3. The average Bonchev–Trinajstić information content (AvgIpc) is 2.73. The number of rotatable bonds is 9. The Kier molecular flexibility index (Phi) is 7.24. The maximum atomic E-state index is 13.1. The van der Waals surface area contributed by atoms with Crippen molar-refractivity contribution in [2.75, 3.05) is 38.5 Å². The maximum Gasteiger partial charge on any atom is 0.416 e. The summed E-state index contributed by atoms with van der Waals surface area (Å²) in [6, 6.07) is 6.96. The molecule has 10 heteroatoms. The van der Waals surface area contributed by atoms with Crippen LogP contribution < -0.4 is 20.5 Å². The summed E-state index contributed by atoms with van der Waals surface area (Å²) >= 11 is 0. The third-order valence-corrected chi connectivity index (χ3v) is 4.65. The van der Waals surface area contributed by atoms with E-state index in [0.717, 1.165) is 12.1 Å². The number of hydrogen-bond acceptors (Lipinski definition) is 7. The topological polar surface area (TPSA) is 91.5 Å². The van der Waals surface area contributed by atoms with Gasteiger partial charge < -0.3 is 25.3 Å². The van der Waals surface area contributed by atoms with Crippen molar-refractivity contribution in [2.24, 2.45) is 0 Å². The quantitative estimate of drug-likeness (QED) is 0.364. The summed E-state index contributed by atoms with van der Waals surface area (Å²) in [5.74, 6) is 1.99. The van der Waals surface area contributed by atoms with Crippen molar-refractivity contribution in [3.05, 3.63) is 47.3 Å². The van der Waals surface area contributed by atoms with Gasteiger partial charge in [0, 0.05) is 43.8 Å². The third-order valence-electron chi connectivity index (χ3n) is 4.65. The Bertz CT molecular complexity index is 1090. The summed E-state index contributed by atoms with van der Waals surface area (Å²) < 4.78 is 55.6. The third kappa shape index (κ3) is 5.70. The van der Waals surface area contributed by atoms with Crippen molar-refractivity contribution in [3.63, 3.8) is 0 Å². The first kappa shape index (κ1) is 23.4. The Morgan fingerprint density at radius 2 is 1.78 bits per heavy atom. The molecule has 0 bridgehead atoms. The molecule has 0 atom stereocenters. The zero-order valence-electron chi connectivity index (χ0n) is 18.0. The summed E-state index contributed by atoms with van der Waals surface area (Å²) in [5.41, 5.74) is 5.91. The van der Waals surface area contributed by atoms with Crippen molar-refractivity contribution in [1.29, 1.82) is 0 Å². The Hall–Kier alpha value is -3.27. The van der Waals surface area contributed by atoms with Crippen molar-refractivity contribution in [3.8, 4) is 11.5 Å². The molecule has 7 nitrogen and oxygen atoms in total. The lowest BCUT2D eigenvalue weighted by Gasteiger charge is -2.15. The highest BCUT2D eigenvalue weighted by Gasteiger charge is 2.31. The lowest BCUT2D eigenvalue weighted by atomic mass is 10.1. The van der Waals surface area contributed by atoms with Crippen molar-refractivity contribution in [2.45, 2.75) is 26.1 Å². The van der Waals surface area contributed by atoms with E-state index in [0.29, 0.717) is 59.2 Å². The molecule has 0 spiro atoms. The van der Waals surface area contributed by atoms with E-state index >= 15 is 0 Å². The van der Waals surface area contributed by atoms with Crippen LogP contribution >= 0.6 is 0 Å². The van der Waals surface area contributed by atoms with E-state index in [9.17, 15) is 13.2 Å². The van der Waals surface area contributed by atoms with Gasteiger partial charge in [-0.1, -0.05) is 0 Å². The fourth-order valence-electron chi connectivity index (χ4n) is 3.22. The molecular weight excluding hydrogens is 425 g/mol. The van der Waals surface area contributed by atoms with E-state index in [1.165, 1.54) is 13.2 Å². The number of alkyl halides is 3. The molecule has 3 rings (SSSR count). The molecule has 0 radical (unpaired) electrons. The molecule has 0 aliphatic carbocycles. The standard InChI is InChI=1S/C22H25F3N4O3/c1-13-28-18-11-19(31-3)20(32-6-4-5-30-2)10-17(18)21(29-13)27-12-14-7-15(22(23,24)25)9-16(26)8-14/h7-11H,4-6,12,26H2,1-3H3,(H,27,28,29). The SMILES string of the molecule is COCCCOc1cc2c(NCc3cc(N)cc(C(F)(F)F)c3)nc(C)nc2cc1OC. The molecule has 0 saturated heterocycles. The molecule has 3 N–H and O–H groups in total. The number of nitrogens with zero attached hydrogens (tertiary/aromatic N) is 2. The molecule has 32 heavy (non-hydrogen) atoms. The number of fused-ring (bicyclic) bond motifs is 1. The number of aryl methyl sites for hydroxylation is 1. The monoisotopic (exact) mass is 450 g/mol. The van der Waals surface area contributed by atoms with Gasteiger partial charge in [-0.05, 0) is 36.8 Å². The molecule has 3 aromatic rings. The zero-order valence-corrected chi connectivity index (χ0v) is 18.0. The van der Waals surface area contributed by atoms with Gasteiger partial charge in [0.1, 0.15) is 11.6 Å². The van der Waals surface area contributed by atoms with Crippen LogP contribution in [0.4, 0.5) is 24.7 Å². The lowest BCUT2D eigenvalue weighted by molar-refractivity contribution is -0.137.